The third-order valence-corrected chi connectivity index (χ3v) is 5.28. The van der Waals surface area contributed by atoms with Gasteiger partial charge in [-0.1, -0.05) is 11.6 Å². The third-order valence-electron chi connectivity index (χ3n) is 5.06. The van der Waals surface area contributed by atoms with Crippen LogP contribution < -0.4 is 15.8 Å². The summed E-state index contributed by atoms with van der Waals surface area (Å²) in [6.07, 6.45) is 3.64. The van der Waals surface area contributed by atoms with Crippen molar-refractivity contribution in [2.45, 2.75) is 12.0 Å². The molecule has 0 saturated heterocycles. The molecule has 8 nitrogen and oxygen atoms in total. The minimum Gasteiger partial charge on any atom is -0.449 e. The number of carbonyl (C=O) groups is 1. The van der Waals surface area contributed by atoms with Crippen molar-refractivity contribution in [3.63, 3.8) is 0 Å². The van der Waals surface area contributed by atoms with E-state index in [9.17, 15) is 4.79 Å². The van der Waals surface area contributed by atoms with Crippen LogP contribution in [0, 0.1) is 0 Å². The minimum atomic E-state index is -0.901. The number of rotatable bonds is 2. The van der Waals surface area contributed by atoms with Gasteiger partial charge in [0.1, 0.15) is 11.4 Å². The Labute approximate surface area is 176 Å². The van der Waals surface area contributed by atoms with Crippen molar-refractivity contribution in [3.05, 3.63) is 76.7 Å². The van der Waals surface area contributed by atoms with Gasteiger partial charge in [-0.3, -0.25) is 4.79 Å². The first-order valence-electron chi connectivity index (χ1n) is 9.25. The molecule has 4 heterocycles. The van der Waals surface area contributed by atoms with E-state index in [0.29, 0.717) is 35.3 Å². The summed E-state index contributed by atoms with van der Waals surface area (Å²) < 4.78 is 12.1. The van der Waals surface area contributed by atoms with Crippen LogP contribution >= 0.6 is 11.6 Å². The first-order valence-corrected chi connectivity index (χ1v) is 9.63. The van der Waals surface area contributed by atoms with Crippen molar-refractivity contribution in [2.24, 2.45) is 10.7 Å². The summed E-state index contributed by atoms with van der Waals surface area (Å²) in [5.41, 5.74) is 7.36. The molecule has 0 bridgehead atoms. The van der Waals surface area contributed by atoms with Crippen LogP contribution in [0.25, 0.3) is 0 Å². The third kappa shape index (κ3) is 3.02. The standard InChI is InChI=1S/C21H16ClN5O3/c22-12-3-5-16(26-11-12)18(28)27-13-4-6-17-15(10-13)21(7-9-25-20(23)30-21)14-2-1-8-24-19(14)29-17/h1-6,8,10-11H,7,9H2,(H2,23,25)(H,27,28)/t21-/m1/s1. The van der Waals surface area contributed by atoms with Crippen molar-refractivity contribution in [2.75, 3.05) is 11.9 Å². The van der Waals surface area contributed by atoms with E-state index in [0.717, 1.165) is 11.1 Å². The average Bonchev–Trinajstić information content (AvgIpc) is 2.75. The van der Waals surface area contributed by atoms with E-state index in [1.165, 1.54) is 6.20 Å². The van der Waals surface area contributed by atoms with Crippen LogP contribution in [0.3, 0.4) is 0 Å². The maximum Gasteiger partial charge on any atom is 0.283 e. The molecule has 0 unspecified atom stereocenters. The van der Waals surface area contributed by atoms with E-state index in [4.69, 9.17) is 26.8 Å². The number of benzene rings is 1. The lowest BCUT2D eigenvalue weighted by Gasteiger charge is -2.40. The second-order valence-corrected chi connectivity index (χ2v) is 7.32. The zero-order valence-electron chi connectivity index (χ0n) is 15.6. The molecule has 1 aromatic carbocycles. The fraction of sp³-hybridized carbons (Fsp3) is 0.143. The van der Waals surface area contributed by atoms with Crippen LogP contribution in [0.1, 0.15) is 28.0 Å². The van der Waals surface area contributed by atoms with Gasteiger partial charge in [0.25, 0.3) is 11.9 Å². The highest BCUT2D eigenvalue weighted by atomic mass is 35.5. The van der Waals surface area contributed by atoms with Crippen molar-refractivity contribution in [3.8, 4) is 11.6 Å². The van der Waals surface area contributed by atoms with Crippen LogP contribution in [0.4, 0.5) is 5.69 Å². The molecule has 0 radical (unpaired) electrons. The monoisotopic (exact) mass is 421 g/mol. The van der Waals surface area contributed by atoms with Crippen molar-refractivity contribution in [1.82, 2.24) is 9.97 Å². The first kappa shape index (κ1) is 18.4. The molecule has 30 heavy (non-hydrogen) atoms. The van der Waals surface area contributed by atoms with Gasteiger partial charge in [-0.25, -0.2) is 15.0 Å². The Hall–Kier alpha value is -3.65. The van der Waals surface area contributed by atoms with Gasteiger partial charge in [0.05, 0.1) is 10.6 Å². The molecular weight excluding hydrogens is 406 g/mol. The number of nitrogens with zero attached hydrogens (tertiary/aromatic N) is 3. The van der Waals surface area contributed by atoms with Gasteiger partial charge in [0.15, 0.2) is 5.60 Å². The molecule has 0 fully saturated rings. The van der Waals surface area contributed by atoms with Crippen LogP contribution in [0.2, 0.25) is 5.02 Å². The predicted octanol–water partition coefficient (Wildman–Crippen LogP) is 3.47. The van der Waals surface area contributed by atoms with Gasteiger partial charge in [0, 0.05) is 36.6 Å². The number of hydrogen-bond acceptors (Lipinski definition) is 7. The number of ether oxygens (including phenoxy) is 2. The molecule has 2 aliphatic rings. The molecule has 0 saturated carbocycles. The number of amidine groups is 1. The predicted molar refractivity (Wildman–Crippen MR) is 111 cm³/mol. The van der Waals surface area contributed by atoms with Crippen LogP contribution in [0.5, 0.6) is 11.6 Å². The highest BCUT2D eigenvalue weighted by Crippen LogP contribution is 2.51. The zero-order valence-corrected chi connectivity index (χ0v) is 16.4. The first-order chi connectivity index (χ1) is 14.5. The molecule has 150 valence electrons. The van der Waals surface area contributed by atoms with Gasteiger partial charge in [-0.05, 0) is 42.5 Å². The summed E-state index contributed by atoms with van der Waals surface area (Å²) in [5.74, 6) is 0.686. The average molecular weight is 422 g/mol. The number of aromatic nitrogens is 2. The molecular formula is C21H16ClN5O3. The number of fused-ring (bicyclic) bond motifs is 4. The highest BCUT2D eigenvalue weighted by molar-refractivity contribution is 6.30. The SMILES string of the molecule is NC1=NCC[C@]2(O1)c1cc(NC(=O)c3ccc(Cl)cn3)ccc1Oc1ncccc12. The van der Waals surface area contributed by atoms with E-state index < -0.39 is 5.60 Å². The Morgan fingerprint density at radius 2 is 2.07 bits per heavy atom. The van der Waals surface area contributed by atoms with E-state index in [1.54, 1.807) is 30.5 Å². The summed E-state index contributed by atoms with van der Waals surface area (Å²) in [6, 6.07) is 12.3. The molecule has 2 aliphatic heterocycles. The Kier molecular flexibility index (Phi) is 4.29. The molecule has 3 aromatic rings. The van der Waals surface area contributed by atoms with Gasteiger partial charge in [-0.2, -0.15) is 0 Å². The number of hydrogen-bond donors (Lipinski definition) is 2. The molecule has 1 spiro atoms. The highest BCUT2D eigenvalue weighted by Gasteiger charge is 2.47. The van der Waals surface area contributed by atoms with Gasteiger partial charge in [-0.15, -0.1) is 0 Å². The Morgan fingerprint density at radius 1 is 1.17 bits per heavy atom. The number of amides is 1. The zero-order chi connectivity index (χ0) is 20.7. The van der Waals surface area contributed by atoms with Crippen molar-refractivity contribution < 1.29 is 14.3 Å². The normalized spacial score (nSPS) is 19.0. The summed E-state index contributed by atoms with van der Waals surface area (Å²) in [6.45, 7) is 0.491. The van der Waals surface area contributed by atoms with Gasteiger partial charge in [0.2, 0.25) is 5.88 Å². The molecule has 5 rings (SSSR count). The van der Waals surface area contributed by atoms with E-state index in [-0.39, 0.29) is 17.6 Å². The molecule has 0 aliphatic carbocycles. The number of nitrogens with one attached hydrogen (secondary N) is 1. The van der Waals surface area contributed by atoms with Crippen LogP contribution in [0.15, 0.2) is 59.9 Å². The maximum atomic E-state index is 12.6. The molecule has 1 amide bonds. The van der Waals surface area contributed by atoms with E-state index >= 15 is 0 Å². The maximum absolute atomic E-state index is 12.6. The number of aliphatic imine (C=N–C) groups is 1. The summed E-state index contributed by atoms with van der Waals surface area (Å²) in [5, 5.41) is 3.31. The lowest BCUT2D eigenvalue weighted by Crippen LogP contribution is -2.42. The fourth-order valence-corrected chi connectivity index (χ4v) is 3.82. The molecule has 1 atom stereocenters. The second kappa shape index (κ2) is 7.00. The largest absolute Gasteiger partial charge is 0.449 e. The number of halogens is 1. The quantitative estimate of drug-likeness (QED) is 0.655. The molecule has 3 N–H and O–H groups in total. The van der Waals surface area contributed by atoms with Gasteiger partial charge < -0.3 is 20.5 Å². The summed E-state index contributed by atoms with van der Waals surface area (Å²) in [7, 11) is 0. The van der Waals surface area contributed by atoms with Gasteiger partial charge >= 0.3 is 0 Å². The molecule has 2 aromatic heterocycles. The number of pyridine rings is 2. The van der Waals surface area contributed by atoms with Crippen LogP contribution in [-0.2, 0) is 10.3 Å². The topological polar surface area (TPSA) is 112 Å². The second-order valence-electron chi connectivity index (χ2n) is 6.88. The van der Waals surface area contributed by atoms with Crippen molar-refractivity contribution >= 4 is 29.2 Å². The lowest BCUT2D eigenvalue weighted by molar-refractivity contribution is 0.0626. The number of carbonyl (C=O) groups excluding carboxylic acids is 1. The summed E-state index contributed by atoms with van der Waals surface area (Å²) >= 11 is 5.84. The lowest BCUT2D eigenvalue weighted by atomic mass is 9.81. The molecule has 9 heteroatoms. The summed E-state index contributed by atoms with van der Waals surface area (Å²) in [4.78, 5) is 25.1. The van der Waals surface area contributed by atoms with Crippen molar-refractivity contribution in [1.29, 1.82) is 0 Å². The van der Waals surface area contributed by atoms with E-state index in [2.05, 4.69) is 20.3 Å². The minimum absolute atomic E-state index is 0.101. The van der Waals surface area contributed by atoms with Crippen LogP contribution in [-0.4, -0.2) is 28.4 Å². The smallest absolute Gasteiger partial charge is 0.283 e. The Bertz CT molecular complexity index is 1180. The fourth-order valence-electron chi connectivity index (χ4n) is 3.71. The number of nitrogens with two attached hydrogens (primary N) is 1. The Balaban J connectivity index is 1.55. The Morgan fingerprint density at radius 3 is 2.87 bits per heavy atom. The number of anilines is 1. The van der Waals surface area contributed by atoms with E-state index in [1.807, 2.05) is 18.2 Å².